The van der Waals surface area contributed by atoms with Crippen LogP contribution < -0.4 is 0 Å². The molecule has 1 nitrogen and oxygen atoms in total. The summed E-state index contributed by atoms with van der Waals surface area (Å²) < 4.78 is 0. The summed E-state index contributed by atoms with van der Waals surface area (Å²) >= 11 is 0. The number of fused-ring (bicyclic) bond motifs is 5. The van der Waals surface area contributed by atoms with Crippen molar-refractivity contribution in [1.82, 2.24) is 0 Å². The zero-order valence-electron chi connectivity index (χ0n) is 17.8. The number of hydrogen-bond donors (Lipinski definition) is 0. The molecule has 4 aliphatic rings. The molecule has 4 aliphatic carbocycles. The fourth-order valence-corrected chi connectivity index (χ4v) is 9.25. The lowest BCUT2D eigenvalue weighted by Crippen LogP contribution is -2.56. The van der Waals surface area contributed by atoms with E-state index < -0.39 is 0 Å². The molecule has 0 aliphatic heterocycles. The molecule has 0 aromatic heterocycles. The van der Waals surface area contributed by atoms with Gasteiger partial charge in [-0.25, -0.2) is 0 Å². The Morgan fingerprint density at radius 3 is 2.42 bits per heavy atom. The zero-order valence-corrected chi connectivity index (χ0v) is 17.8. The van der Waals surface area contributed by atoms with Crippen molar-refractivity contribution in [2.24, 2.45) is 52.3 Å². The average molecular weight is 359 g/mol. The second-order valence-corrected chi connectivity index (χ2v) is 11.3. The molecule has 0 aromatic carbocycles. The lowest BCUT2D eigenvalue weighted by molar-refractivity contribution is -0.143. The molecule has 0 amide bonds. The van der Waals surface area contributed by atoms with E-state index in [0.29, 0.717) is 10.8 Å². The maximum Gasteiger partial charge on any atom is 0.120 e. The third-order valence-corrected chi connectivity index (χ3v) is 10.4. The van der Waals surface area contributed by atoms with Gasteiger partial charge in [-0.05, 0) is 104 Å². The highest BCUT2D eigenvalue weighted by Crippen LogP contribution is 2.69. The van der Waals surface area contributed by atoms with E-state index in [-0.39, 0.29) is 0 Å². The first-order chi connectivity index (χ1) is 12.4. The van der Waals surface area contributed by atoms with Crippen LogP contribution in [0.3, 0.4) is 0 Å². The number of rotatable bonds is 4. The minimum absolute atomic E-state index is 0.534. The summed E-state index contributed by atoms with van der Waals surface area (Å²) in [5.41, 5.74) is 1.15. The van der Waals surface area contributed by atoms with Gasteiger partial charge in [-0.1, -0.05) is 40.5 Å². The van der Waals surface area contributed by atoms with E-state index >= 15 is 0 Å². The Balaban J connectivity index is 1.62. The van der Waals surface area contributed by atoms with Gasteiger partial charge in [-0.3, -0.25) is 0 Å². The summed E-state index contributed by atoms with van der Waals surface area (Å²) in [6.45, 7) is 10.3. The maximum atomic E-state index is 11.0. The quantitative estimate of drug-likeness (QED) is 0.500. The Morgan fingerprint density at radius 1 is 0.962 bits per heavy atom. The molecule has 4 fully saturated rings. The van der Waals surface area contributed by atoms with E-state index in [0.717, 1.165) is 60.6 Å². The van der Waals surface area contributed by atoms with Gasteiger partial charge in [-0.2, -0.15) is 0 Å². The molecule has 26 heavy (non-hydrogen) atoms. The molecule has 0 bridgehead atoms. The van der Waals surface area contributed by atoms with Crippen molar-refractivity contribution < 1.29 is 4.79 Å². The standard InChI is InChI=1S/C25H42O/c1-5-18-15-20-22-11-9-19(7-6-14-26)24(22,3)13-12-23(20)25(4)16-17(2)8-10-21(18)25/h14,17-23H,5-13,15-16H2,1-4H3/t17?,18-,19?,20?,21?,22?,23-,24?,25?/m0/s1. The van der Waals surface area contributed by atoms with Gasteiger partial charge < -0.3 is 4.79 Å². The molecule has 1 heteroatoms. The van der Waals surface area contributed by atoms with Gasteiger partial charge in [0.15, 0.2) is 0 Å². The first kappa shape index (κ1) is 19.0. The molecule has 0 heterocycles. The van der Waals surface area contributed by atoms with Crippen LogP contribution in [-0.4, -0.2) is 6.29 Å². The van der Waals surface area contributed by atoms with E-state index in [2.05, 4.69) is 27.7 Å². The molecule has 7 unspecified atom stereocenters. The van der Waals surface area contributed by atoms with Crippen LogP contribution in [0.2, 0.25) is 0 Å². The van der Waals surface area contributed by atoms with Crippen LogP contribution >= 0.6 is 0 Å². The SMILES string of the molecule is CC[C@H]1CC2C3CCC(CCC=O)C3(C)CC[C@@H]2C2(C)CC(C)CCC12. The van der Waals surface area contributed by atoms with Crippen LogP contribution in [0.5, 0.6) is 0 Å². The Kier molecular flexibility index (Phi) is 5.06. The largest absolute Gasteiger partial charge is 0.303 e. The van der Waals surface area contributed by atoms with Crippen molar-refractivity contribution in [2.45, 2.75) is 98.3 Å². The van der Waals surface area contributed by atoms with Gasteiger partial charge in [0.05, 0.1) is 0 Å². The van der Waals surface area contributed by atoms with E-state index in [1.807, 2.05) is 0 Å². The van der Waals surface area contributed by atoms with E-state index in [1.54, 1.807) is 0 Å². The summed E-state index contributed by atoms with van der Waals surface area (Å²) in [6, 6.07) is 0. The zero-order chi connectivity index (χ0) is 18.5. The van der Waals surface area contributed by atoms with Gasteiger partial charge in [0, 0.05) is 6.42 Å². The number of aldehydes is 1. The summed E-state index contributed by atoms with van der Waals surface area (Å²) in [7, 11) is 0. The van der Waals surface area contributed by atoms with Crippen LogP contribution in [0.4, 0.5) is 0 Å². The van der Waals surface area contributed by atoms with Gasteiger partial charge in [0.1, 0.15) is 6.29 Å². The second-order valence-electron chi connectivity index (χ2n) is 11.3. The van der Waals surface area contributed by atoms with Gasteiger partial charge in [0.25, 0.3) is 0 Å². The predicted octanol–water partition coefficient (Wildman–Crippen LogP) is 6.90. The summed E-state index contributed by atoms with van der Waals surface area (Å²) in [4.78, 5) is 11.0. The maximum absolute atomic E-state index is 11.0. The molecule has 0 spiro atoms. The van der Waals surface area contributed by atoms with E-state index in [4.69, 9.17) is 0 Å². The van der Waals surface area contributed by atoms with Crippen LogP contribution in [0.1, 0.15) is 98.3 Å². The minimum atomic E-state index is 0.534. The van der Waals surface area contributed by atoms with Crippen molar-refractivity contribution in [2.75, 3.05) is 0 Å². The van der Waals surface area contributed by atoms with Crippen molar-refractivity contribution in [3.8, 4) is 0 Å². The van der Waals surface area contributed by atoms with Crippen molar-refractivity contribution in [3.05, 3.63) is 0 Å². The van der Waals surface area contributed by atoms with Crippen LogP contribution in [0, 0.1) is 52.3 Å². The normalized spacial score (nSPS) is 53.5. The number of carbonyl (C=O) groups is 1. The highest BCUT2D eigenvalue weighted by molar-refractivity contribution is 5.49. The predicted molar refractivity (Wildman–Crippen MR) is 109 cm³/mol. The smallest absolute Gasteiger partial charge is 0.120 e. The van der Waals surface area contributed by atoms with Crippen molar-refractivity contribution in [3.63, 3.8) is 0 Å². The van der Waals surface area contributed by atoms with Crippen LogP contribution in [-0.2, 0) is 4.79 Å². The lowest BCUT2D eigenvalue weighted by Gasteiger charge is -2.63. The van der Waals surface area contributed by atoms with Crippen LogP contribution in [0.15, 0.2) is 0 Å². The molecule has 148 valence electrons. The Labute approximate surface area is 162 Å². The lowest BCUT2D eigenvalue weighted by atomic mass is 9.42. The molecule has 4 rings (SSSR count). The molecule has 0 radical (unpaired) electrons. The Hall–Kier alpha value is -0.330. The molecular weight excluding hydrogens is 316 g/mol. The molecular formula is C25H42O. The second kappa shape index (κ2) is 6.93. The summed E-state index contributed by atoms with van der Waals surface area (Å²) in [5, 5.41) is 0. The van der Waals surface area contributed by atoms with Gasteiger partial charge in [-0.15, -0.1) is 0 Å². The fourth-order valence-electron chi connectivity index (χ4n) is 9.25. The third-order valence-electron chi connectivity index (χ3n) is 10.4. The van der Waals surface area contributed by atoms with Gasteiger partial charge in [0.2, 0.25) is 0 Å². The number of carbonyl (C=O) groups excluding carboxylic acids is 1. The topological polar surface area (TPSA) is 17.1 Å². The highest BCUT2D eigenvalue weighted by atomic mass is 16.1. The van der Waals surface area contributed by atoms with Gasteiger partial charge >= 0.3 is 0 Å². The monoisotopic (exact) mass is 358 g/mol. The van der Waals surface area contributed by atoms with Crippen molar-refractivity contribution in [1.29, 1.82) is 0 Å². The summed E-state index contributed by atoms with van der Waals surface area (Å²) in [5.74, 6) is 6.64. The van der Waals surface area contributed by atoms with E-state index in [9.17, 15) is 4.79 Å². The average Bonchev–Trinajstić information content (AvgIpc) is 2.95. The molecule has 0 saturated heterocycles. The Morgan fingerprint density at radius 2 is 1.69 bits per heavy atom. The first-order valence-corrected chi connectivity index (χ1v) is 11.9. The molecule has 4 saturated carbocycles. The number of hydrogen-bond acceptors (Lipinski definition) is 1. The molecule has 9 atom stereocenters. The first-order valence-electron chi connectivity index (χ1n) is 11.9. The highest BCUT2D eigenvalue weighted by Gasteiger charge is 2.61. The van der Waals surface area contributed by atoms with Crippen LogP contribution in [0.25, 0.3) is 0 Å². The van der Waals surface area contributed by atoms with Crippen molar-refractivity contribution >= 4 is 6.29 Å². The summed E-state index contributed by atoms with van der Waals surface area (Å²) in [6.07, 6.45) is 16.3. The van der Waals surface area contributed by atoms with E-state index in [1.165, 1.54) is 57.8 Å². The Bertz CT molecular complexity index is 526. The molecule has 0 aromatic rings. The third kappa shape index (κ3) is 2.74. The fraction of sp³-hybridized carbons (Fsp3) is 0.960. The molecule has 0 N–H and O–H groups in total. The minimum Gasteiger partial charge on any atom is -0.303 e.